The summed E-state index contributed by atoms with van der Waals surface area (Å²) in [4.78, 5) is 0. The average molecular weight is 159 g/mol. The van der Waals surface area contributed by atoms with Crippen LogP contribution in [0.3, 0.4) is 0 Å². The van der Waals surface area contributed by atoms with E-state index in [0.29, 0.717) is 17.9 Å². The summed E-state index contributed by atoms with van der Waals surface area (Å²) in [7, 11) is 0. The molecular weight excluding hydrogens is 138 g/mol. The van der Waals surface area contributed by atoms with Crippen LogP contribution in [-0.2, 0) is 0 Å². The molecule has 0 spiro atoms. The number of rotatable bonds is 4. The molecule has 2 nitrogen and oxygen atoms in total. The molecule has 0 aliphatic heterocycles. The third-order valence-electron chi connectivity index (χ3n) is 1.77. The van der Waals surface area contributed by atoms with Gasteiger partial charge in [-0.05, 0) is 30.7 Å². The molecule has 0 saturated heterocycles. The standard InChI is InChI=1S/C9H21NO/c1-9(2,3)6-8(7-10)4-5-11/h8,11H,4-7,10H2,1-3H3. The van der Waals surface area contributed by atoms with Crippen LogP contribution in [-0.4, -0.2) is 18.3 Å². The van der Waals surface area contributed by atoms with Crippen molar-refractivity contribution in [2.45, 2.75) is 33.6 Å². The number of nitrogens with two attached hydrogens (primary N) is 1. The number of aliphatic hydroxyl groups is 1. The van der Waals surface area contributed by atoms with Crippen molar-refractivity contribution in [3.8, 4) is 0 Å². The maximum absolute atomic E-state index is 8.71. The zero-order valence-electron chi connectivity index (χ0n) is 7.93. The molecule has 0 aromatic rings. The molecule has 0 aliphatic carbocycles. The summed E-state index contributed by atoms with van der Waals surface area (Å²) in [5.74, 6) is 0.486. The van der Waals surface area contributed by atoms with Crippen molar-refractivity contribution < 1.29 is 5.11 Å². The Bertz CT molecular complexity index is 96.2. The molecule has 0 aromatic carbocycles. The summed E-state index contributed by atoms with van der Waals surface area (Å²) in [6.07, 6.45) is 1.94. The Hall–Kier alpha value is -0.0800. The van der Waals surface area contributed by atoms with Crippen LogP contribution in [0.5, 0.6) is 0 Å². The predicted octanol–water partition coefficient (Wildman–Crippen LogP) is 1.38. The number of aliphatic hydroxyl groups excluding tert-OH is 1. The van der Waals surface area contributed by atoms with Crippen molar-refractivity contribution in [3.63, 3.8) is 0 Å². The molecule has 2 heteroatoms. The van der Waals surface area contributed by atoms with Gasteiger partial charge in [0.2, 0.25) is 0 Å². The van der Waals surface area contributed by atoms with Gasteiger partial charge in [0, 0.05) is 6.61 Å². The average Bonchev–Trinajstić information content (AvgIpc) is 1.84. The number of hydrogen-bond donors (Lipinski definition) is 2. The van der Waals surface area contributed by atoms with E-state index in [0.717, 1.165) is 12.8 Å². The summed E-state index contributed by atoms with van der Waals surface area (Å²) in [5, 5.41) is 8.71. The Kier molecular flexibility index (Phi) is 4.69. The van der Waals surface area contributed by atoms with E-state index in [4.69, 9.17) is 10.8 Å². The third kappa shape index (κ3) is 6.32. The molecule has 0 radical (unpaired) electrons. The van der Waals surface area contributed by atoms with Gasteiger partial charge in [-0.1, -0.05) is 20.8 Å². The second-order valence-corrected chi connectivity index (χ2v) is 4.38. The van der Waals surface area contributed by atoms with Crippen LogP contribution in [0.2, 0.25) is 0 Å². The second kappa shape index (κ2) is 4.73. The minimum atomic E-state index is 0.262. The topological polar surface area (TPSA) is 46.2 Å². The Morgan fingerprint density at radius 1 is 1.36 bits per heavy atom. The van der Waals surface area contributed by atoms with Gasteiger partial charge in [0.1, 0.15) is 0 Å². The lowest BCUT2D eigenvalue weighted by molar-refractivity contribution is 0.220. The molecule has 0 saturated carbocycles. The molecule has 1 unspecified atom stereocenters. The lowest BCUT2D eigenvalue weighted by atomic mass is 9.83. The molecule has 11 heavy (non-hydrogen) atoms. The van der Waals surface area contributed by atoms with Crippen LogP contribution in [0.25, 0.3) is 0 Å². The molecule has 0 fully saturated rings. The summed E-state index contributed by atoms with van der Waals surface area (Å²) in [6, 6.07) is 0. The maximum atomic E-state index is 8.71. The van der Waals surface area contributed by atoms with Crippen LogP contribution >= 0.6 is 0 Å². The summed E-state index contributed by atoms with van der Waals surface area (Å²) in [6.45, 7) is 7.56. The van der Waals surface area contributed by atoms with Gasteiger partial charge in [-0.25, -0.2) is 0 Å². The molecule has 3 N–H and O–H groups in total. The van der Waals surface area contributed by atoms with E-state index in [1.54, 1.807) is 0 Å². The molecule has 0 aromatic heterocycles. The van der Waals surface area contributed by atoms with E-state index in [2.05, 4.69) is 20.8 Å². The van der Waals surface area contributed by atoms with Crippen LogP contribution in [0, 0.1) is 11.3 Å². The zero-order valence-corrected chi connectivity index (χ0v) is 7.93. The van der Waals surface area contributed by atoms with E-state index < -0.39 is 0 Å². The van der Waals surface area contributed by atoms with E-state index in [9.17, 15) is 0 Å². The first-order chi connectivity index (χ1) is 4.99. The van der Waals surface area contributed by atoms with Gasteiger partial charge in [-0.2, -0.15) is 0 Å². The van der Waals surface area contributed by atoms with Gasteiger partial charge < -0.3 is 10.8 Å². The van der Waals surface area contributed by atoms with Crippen molar-refractivity contribution >= 4 is 0 Å². The van der Waals surface area contributed by atoms with Crippen molar-refractivity contribution in [2.24, 2.45) is 17.1 Å². The fourth-order valence-corrected chi connectivity index (χ4v) is 1.35. The Labute approximate surface area is 69.8 Å². The highest BCUT2D eigenvalue weighted by Gasteiger charge is 2.16. The van der Waals surface area contributed by atoms with E-state index in [-0.39, 0.29) is 6.61 Å². The van der Waals surface area contributed by atoms with Crippen molar-refractivity contribution in [1.82, 2.24) is 0 Å². The van der Waals surface area contributed by atoms with Gasteiger partial charge in [0.05, 0.1) is 0 Å². The van der Waals surface area contributed by atoms with E-state index >= 15 is 0 Å². The SMILES string of the molecule is CC(C)(C)CC(CN)CCO. The first-order valence-electron chi connectivity index (χ1n) is 4.30. The molecule has 0 bridgehead atoms. The van der Waals surface area contributed by atoms with E-state index in [1.807, 2.05) is 0 Å². The minimum Gasteiger partial charge on any atom is -0.396 e. The largest absolute Gasteiger partial charge is 0.396 e. The van der Waals surface area contributed by atoms with Crippen molar-refractivity contribution in [1.29, 1.82) is 0 Å². The van der Waals surface area contributed by atoms with Crippen LogP contribution in [0.15, 0.2) is 0 Å². The molecular formula is C9H21NO. The quantitative estimate of drug-likeness (QED) is 0.651. The van der Waals surface area contributed by atoms with E-state index in [1.165, 1.54) is 0 Å². The fourth-order valence-electron chi connectivity index (χ4n) is 1.35. The lowest BCUT2D eigenvalue weighted by Gasteiger charge is -2.24. The molecule has 0 amide bonds. The first-order valence-corrected chi connectivity index (χ1v) is 4.30. The molecule has 68 valence electrons. The smallest absolute Gasteiger partial charge is 0.0434 e. The predicted molar refractivity (Wildman–Crippen MR) is 48.3 cm³/mol. The van der Waals surface area contributed by atoms with Crippen LogP contribution < -0.4 is 5.73 Å². The van der Waals surface area contributed by atoms with Gasteiger partial charge in [0.15, 0.2) is 0 Å². The Balaban J connectivity index is 3.68. The Morgan fingerprint density at radius 3 is 2.18 bits per heavy atom. The third-order valence-corrected chi connectivity index (χ3v) is 1.77. The highest BCUT2D eigenvalue weighted by Crippen LogP contribution is 2.25. The van der Waals surface area contributed by atoms with Gasteiger partial charge in [-0.15, -0.1) is 0 Å². The van der Waals surface area contributed by atoms with Gasteiger partial charge in [-0.3, -0.25) is 0 Å². The zero-order chi connectivity index (χ0) is 8.91. The Morgan fingerprint density at radius 2 is 1.91 bits per heavy atom. The minimum absolute atomic E-state index is 0.262. The molecule has 0 aliphatic rings. The lowest BCUT2D eigenvalue weighted by Crippen LogP contribution is -2.21. The monoisotopic (exact) mass is 159 g/mol. The summed E-state index contributed by atoms with van der Waals surface area (Å²) in [5.41, 5.74) is 5.89. The van der Waals surface area contributed by atoms with Gasteiger partial charge >= 0.3 is 0 Å². The summed E-state index contributed by atoms with van der Waals surface area (Å²) >= 11 is 0. The number of hydrogen-bond acceptors (Lipinski definition) is 2. The molecule has 1 atom stereocenters. The summed E-state index contributed by atoms with van der Waals surface area (Å²) < 4.78 is 0. The highest BCUT2D eigenvalue weighted by atomic mass is 16.3. The maximum Gasteiger partial charge on any atom is 0.0434 e. The van der Waals surface area contributed by atoms with Crippen LogP contribution in [0.4, 0.5) is 0 Å². The normalized spacial score (nSPS) is 15.0. The first kappa shape index (κ1) is 10.9. The fraction of sp³-hybridized carbons (Fsp3) is 1.00. The van der Waals surface area contributed by atoms with Crippen molar-refractivity contribution in [2.75, 3.05) is 13.2 Å². The van der Waals surface area contributed by atoms with Crippen LogP contribution in [0.1, 0.15) is 33.6 Å². The second-order valence-electron chi connectivity index (χ2n) is 4.38. The molecule has 0 heterocycles. The van der Waals surface area contributed by atoms with Gasteiger partial charge in [0.25, 0.3) is 0 Å². The highest BCUT2D eigenvalue weighted by molar-refractivity contribution is 4.69. The molecule has 0 rings (SSSR count). The van der Waals surface area contributed by atoms with Crippen molar-refractivity contribution in [3.05, 3.63) is 0 Å².